The lowest BCUT2D eigenvalue weighted by Gasteiger charge is -2.12. The summed E-state index contributed by atoms with van der Waals surface area (Å²) in [4.78, 5) is 13.8. The van der Waals surface area contributed by atoms with E-state index in [4.69, 9.17) is 0 Å². The van der Waals surface area contributed by atoms with Gasteiger partial charge in [-0.05, 0) is 18.4 Å². The summed E-state index contributed by atoms with van der Waals surface area (Å²) < 4.78 is 39.3. The van der Waals surface area contributed by atoms with E-state index in [1.54, 1.807) is 0 Å². The Morgan fingerprint density at radius 1 is 1.48 bits per heavy atom. The quantitative estimate of drug-likeness (QED) is 0.649. The number of nitro benzene ring substituents is 1. The number of non-ortho nitro benzene ring substituents is 1. The lowest BCUT2D eigenvalue weighted by atomic mass is 10.1. The zero-order valence-electron chi connectivity index (χ0n) is 12.6. The summed E-state index contributed by atoms with van der Waals surface area (Å²) in [6, 6.07) is 2.75. The van der Waals surface area contributed by atoms with Gasteiger partial charge in [-0.3, -0.25) is 10.1 Å². The van der Waals surface area contributed by atoms with Crippen LogP contribution < -0.4 is 5.32 Å². The third kappa shape index (κ3) is 4.60. The monoisotopic (exact) mass is 347 g/mol. The second-order valence-electron chi connectivity index (χ2n) is 5.66. The Labute approximate surface area is 135 Å². The summed E-state index contributed by atoms with van der Waals surface area (Å²) in [5.74, 6) is 1.21. The molecule has 0 unspecified atom stereocenters. The maximum atomic E-state index is 13.1. The van der Waals surface area contributed by atoms with Crippen molar-refractivity contribution in [3.05, 3.63) is 33.9 Å². The Hall–Kier alpha value is -1.77. The van der Waals surface area contributed by atoms with Gasteiger partial charge in [-0.1, -0.05) is 25.6 Å². The van der Waals surface area contributed by atoms with Gasteiger partial charge < -0.3 is 5.32 Å². The van der Waals surface area contributed by atoms with Crippen LogP contribution in [0.3, 0.4) is 0 Å². The number of nitrogens with one attached hydrogen (secondary N) is 1. The standard InChI is InChI=1S/C14H16F3N3O2S/c1-8(2)5-9-7-23-13(18-9)19-12-4-3-10(20(21)22)6-11(12)14(15,16)17/h3-4,6,8-9H,5,7H2,1-2H3,(H,18,19)/t9-/m0/s1. The van der Waals surface area contributed by atoms with Gasteiger partial charge in [0.15, 0.2) is 5.17 Å². The molecule has 2 rings (SSSR count). The summed E-state index contributed by atoms with van der Waals surface area (Å²) in [6.45, 7) is 4.14. The molecule has 1 aromatic carbocycles. The van der Waals surface area contributed by atoms with Crippen LogP contribution in [0.5, 0.6) is 0 Å². The molecule has 1 aliphatic rings. The predicted octanol–water partition coefficient (Wildman–Crippen LogP) is 4.35. The van der Waals surface area contributed by atoms with E-state index < -0.39 is 22.4 Å². The minimum atomic E-state index is -4.70. The number of benzene rings is 1. The first-order valence-corrected chi connectivity index (χ1v) is 7.99. The van der Waals surface area contributed by atoms with Crippen molar-refractivity contribution in [2.24, 2.45) is 10.9 Å². The molecule has 0 radical (unpaired) electrons. The van der Waals surface area contributed by atoms with Crippen molar-refractivity contribution in [2.75, 3.05) is 5.75 Å². The zero-order chi connectivity index (χ0) is 17.2. The van der Waals surface area contributed by atoms with Gasteiger partial charge in [-0.2, -0.15) is 13.2 Å². The van der Waals surface area contributed by atoms with Crippen LogP contribution in [0.4, 0.5) is 24.5 Å². The average molecular weight is 347 g/mol. The maximum Gasteiger partial charge on any atom is 0.418 e. The third-order valence-corrected chi connectivity index (χ3v) is 4.27. The summed E-state index contributed by atoms with van der Waals surface area (Å²) >= 11 is 1.35. The number of aliphatic imine (C=N–C) groups is 1. The lowest BCUT2D eigenvalue weighted by molar-refractivity contribution is -0.385. The molecule has 0 amide bonds. The predicted molar refractivity (Wildman–Crippen MR) is 84.0 cm³/mol. The first kappa shape index (κ1) is 17.6. The molecule has 5 nitrogen and oxygen atoms in total. The average Bonchev–Trinajstić information content (AvgIpc) is 2.84. The highest BCUT2D eigenvalue weighted by Gasteiger charge is 2.35. The number of halogens is 3. The summed E-state index contributed by atoms with van der Waals surface area (Å²) in [5, 5.41) is 14.2. The number of hydrogen-bond donors (Lipinski definition) is 1. The van der Waals surface area contributed by atoms with E-state index in [-0.39, 0.29) is 11.7 Å². The van der Waals surface area contributed by atoms with Crippen molar-refractivity contribution in [2.45, 2.75) is 32.5 Å². The second kappa shape index (κ2) is 6.77. The third-order valence-electron chi connectivity index (χ3n) is 3.22. The van der Waals surface area contributed by atoms with E-state index in [2.05, 4.69) is 24.2 Å². The van der Waals surface area contributed by atoms with Crippen LogP contribution in [0.2, 0.25) is 0 Å². The number of nitrogens with zero attached hydrogens (tertiary/aromatic N) is 2. The normalized spacial score (nSPS) is 20.1. The number of alkyl halides is 3. The van der Waals surface area contributed by atoms with Gasteiger partial charge in [0.2, 0.25) is 0 Å². The number of thioether (sulfide) groups is 1. The molecule has 23 heavy (non-hydrogen) atoms. The van der Waals surface area contributed by atoms with Crippen LogP contribution in [0.15, 0.2) is 23.2 Å². The Kier molecular flexibility index (Phi) is 5.18. The van der Waals surface area contributed by atoms with Crippen molar-refractivity contribution in [3.8, 4) is 0 Å². The van der Waals surface area contributed by atoms with Crippen LogP contribution in [0.25, 0.3) is 0 Å². The minimum absolute atomic E-state index is 0.172. The highest BCUT2D eigenvalue weighted by molar-refractivity contribution is 8.14. The molecule has 0 bridgehead atoms. The van der Waals surface area contributed by atoms with Gasteiger partial charge in [0, 0.05) is 23.9 Å². The number of amidine groups is 1. The van der Waals surface area contributed by atoms with Crippen molar-refractivity contribution >= 4 is 28.3 Å². The van der Waals surface area contributed by atoms with Gasteiger partial charge in [0.05, 0.1) is 16.2 Å². The molecule has 0 aromatic heterocycles. The topological polar surface area (TPSA) is 67.5 Å². The molecule has 1 heterocycles. The second-order valence-corrected chi connectivity index (χ2v) is 6.66. The first-order valence-electron chi connectivity index (χ1n) is 7.00. The molecule has 1 aliphatic heterocycles. The van der Waals surface area contributed by atoms with E-state index in [9.17, 15) is 23.3 Å². The number of hydrogen-bond acceptors (Lipinski definition) is 4. The van der Waals surface area contributed by atoms with Gasteiger partial charge in [-0.25, -0.2) is 4.99 Å². The molecular formula is C14H16F3N3O2S. The van der Waals surface area contributed by atoms with E-state index in [0.717, 1.165) is 24.3 Å². The van der Waals surface area contributed by atoms with Crippen molar-refractivity contribution in [1.29, 1.82) is 0 Å². The van der Waals surface area contributed by atoms with E-state index in [1.807, 2.05) is 0 Å². The van der Waals surface area contributed by atoms with E-state index >= 15 is 0 Å². The fourth-order valence-electron chi connectivity index (χ4n) is 2.27. The Balaban J connectivity index is 2.29. The first-order chi connectivity index (χ1) is 10.7. The molecule has 0 aliphatic carbocycles. The van der Waals surface area contributed by atoms with E-state index in [1.165, 1.54) is 11.8 Å². The van der Waals surface area contributed by atoms with E-state index in [0.29, 0.717) is 17.2 Å². The SMILES string of the molecule is CC(C)C[C@H]1CS/C(=N\c2ccc([N+](=O)[O-])cc2C(F)(F)F)N1. The molecule has 0 spiro atoms. The van der Waals surface area contributed by atoms with Crippen LogP contribution >= 0.6 is 11.8 Å². The van der Waals surface area contributed by atoms with Crippen LogP contribution in [-0.2, 0) is 6.18 Å². The molecule has 1 N–H and O–H groups in total. The summed E-state index contributed by atoms with van der Waals surface area (Å²) in [7, 11) is 0. The highest BCUT2D eigenvalue weighted by atomic mass is 32.2. The minimum Gasteiger partial charge on any atom is -0.361 e. The molecule has 126 valence electrons. The molecule has 9 heteroatoms. The maximum absolute atomic E-state index is 13.1. The highest BCUT2D eigenvalue weighted by Crippen LogP contribution is 2.39. The van der Waals surface area contributed by atoms with Gasteiger partial charge in [-0.15, -0.1) is 0 Å². The van der Waals surface area contributed by atoms with Crippen molar-refractivity contribution < 1.29 is 18.1 Å². The van der Waals surface area contributed by atoms with Crippen LogP contribution in [0.1, 0.15) is 25.8 Å². The molecule has 1 saturated heterocycles. The number of nitro groups is 1. The van der Waals surface area contributed by atoms with Crippen LogP contribution in [0, 0.1) is 16.0 Å². The smallest absolute Gasteiger partial charge is 0.361 e. The fourth-order valence-corrected chi connectivity index (χ4v) is 3.26. The molecular weight excluding hydrogens is 331 g/mol. The fraction of sp³-hybridized carbons (Fsp3) is 0.500. The van der Waals surface area contributed by atoms with Gasteiger partial charge in [0.25, 0.3) is 5.69 Å². The molecule has 1 aromatic rings. The molecule has 1 fully saturated rings. The van der Waals surface area contributed by atoms with Gasteiger partial charge >= 0.3 is 6.18 Å². The van der Waals surface area contributed by atoms with Gasteiger partial charge in [0.1, 0.15) is 0 Å². The number of rotatable bonds is 4. The Morgan fingerprint density at radius 2 is 2.17 bits per heavy atom. The van der Waals surface area contributed by atoms with Crippen molar-refractivity contribution in [3.63, 3.8) is 0 Å². The summed E-state index contributed by atoms with van der Waals surface area (Å²) in [5.41, 5.74) is -2.02. The lowest BCUT2D eigenvalue weighted by Crippen LogP contribution is -2.28. The molecule has 1 atom stereocenters. The summed E-state index contributed by atoms with van der Waals surface area (Å²) in [6.07, 6.45) is -3.80. The van der Waals surface area contributed by atoms with Crippen molar-refractivity contribution in [1.82, 2.24) is 5.32 Å². The zero-order valence-corrected chi connectivity index (χ0v) is 13.4. The molecule has 0 saturated carbocycles. The Morgan fingerprint density at radius 3 is 2.74 bits per heavy atom. The van der Waals surface area contributed by atoms with Crippen LogP contribution in [-0.4, -0.2) is 21.9 Å². The largest absolute Gasteiger partial charge is 0.418 e. The Bertz CT molecular complexity index is 632.